The Morgan fingerprint density at radius 1 is 1.50 bits per heavy atom. The van der Waals surface area contributed by atoms with Crippen molar-refractivity contribution in [3.63, 3.8) is 0 Å². The van der Waals surface area contributed by atoms with Gasteiger partial charge in [0.25, 0.3) is 5.88 Å². The van der Waals surface area contributed by atoms with Crippen LogP contribution < -0.4 is 4.74 Å². The van der Waals surface area contributed by atoms with Crippen LogP contribution in [0.1, 0.15) is 30.4 Å². The summed E-state index contributed by atoms with van der Waals surface area (Å²) in [6.07, 6.45) is 4.91. The van der Waals surface area contributed by atoms with E-state index in [2.05, 4.69) is 10.1 Å². The van der Waals surface area contributed by atoms with Crippen LogP contribution in [0, 0.1) is 0 Å². The topological polar surface area (TPSA) is 81.7 Å². The Balaban J connectivity index is 1.99. The molecule has 20 heavy (non-hydrogen) atoms. The van der Waals surface area contributed by atoms with Gasteiger partial charge >= 0.3 is 5.97 Å². The van der Waals surface area contributed by atoms with Gasteiger partial charge in [0.2, 0.25) is 0 Å². The number of rotatable bonds is 4. The average molecular weight is 292 g/mol. The van der Waals surface area contributed by atoms with Gasteiger partial charge in [0, 0.05) is 17.6 Å². The van der Waals surface area contributed by atoms with Crippen LogP contribution in [-0.2, 0) is 0 Å². The fourth-order valence-electron chi connectivity index (χ4n) is 1.80. The summed E-state index contributed by atoms with van der Waals surface area (Å²) in [6.45, 7) is 3.98. The zero-order valence-corrected chi connectivity index (χ0v) is 11.7. The molecular weight excluding hydrogens is 280 g/mol. The lowest BCUT2D eigenvalue weighted by Crippen LogP contribution is -2.02. The van der Waals surface area contributed by atoms with E-state index in [0.717, 1.165) is 0 Å². The van der Waals surface area contributed by atoms with Crippen molar-refractivity contribution in [1.29, 1.82) is 0 Å². The molecule has 0 radical (unpaired) electrons. The van der Waals surface area contributed by atoms with Crippen molar-refractivity contribution in [3.8, 4) is 11.6 Å². The summed E-state index contributed by atoms with van der Waals surface area (Å²) in [5, 5.41) is 15.2. The molecule has 0 aromatic carbocycles. The van der Waals surface area contributed by atoms with Crippen LogP contribution in [0.2, 0.25) is 0 Å². The number of ether oxygens (including phenoxy) is 1. The van der Waals surface area contributed by atoms with Gasteiger partial charge in [-0.2, -0.15) is 10.1 Å². The number of imidazole rings is 1. The average Bonchev–Trinajstić information content (AvgIpc) is 3.02. The quantitative estimate of drug-likeness (QED) is 0.799. The van der Waals surface area contributed by atoms with Crippen molar-refractivity contribution in [3.05, 3.63) is 29.7 Å². The first kappa shape index (κ1) is 12.7. The second kappa shape index (κ2) is 4.64. The fourth-order valence-corrected chi connectivity index (χ4v) is 2.50. The molecule has 7 nitrogen and oxygen atoms in total. The first-order valence-corrected chi connectivity index (χ1v) is 6.85. The lowest BCUT2D eigenvalue weighted by molar-refractivity contribution is 0.0686. The van der Waals surface area contributed by atoms with Gasteiger partial charge in [-0.1, -0.05) is 0 Å². The van der Waals surface area contributed by atoms with Crippen LogP contribution in [0.25, 0.3) is 4.96 Å². The molecule has 0 amide bonds. The van der Waals surface area contributed by atoms with E-state index < -0.39 is 5.97 Å². The van der Waals surface area contributed by atoms with Gasteiger partial charge < -0.3 is 9.84 Å². The molecule has 3 aromatic heterocycles. The lowest BCUT2D eigenvalue weighted by Gasteiger charge is -2.03. The molecule has 0 aliphatic heterocycles. The maximum Gasteiger partial charge on any atom is 0.358 e. The molecule has 0 saturated carbocycles. The maximum absolute atomic E-state index is 11.3. The highest BCUT2D eigenvalue weighted by molar-refractivity contribution is 7.15. The van der Waals surface area contributed by atoms with E-state index in [-0.39, 0.29) is 17.6 Å². The smallest absolute Gasteiger partial charge is 0.358 e. The van der Waals surface area contributed by atoms with Gasteiger partial charge in [-0.3, -0.25) is 9.08 Å². The van der Waals surface area contributed by atoms with E-state index in [1.165, 1.54) is 15.7 Å². The summed E-state index contributed by atoms with van der Waals surface area (Å²) in [7, 11) is 0. The summed E-state index contributed by atoms with van der Waals surface area (Å²) < 4.78 is 8.78. The van der Waals surface area contributed by atoms with Gasteiger partial charge in [0.1, 0.15) is 0 Å². The third kappa shape index (κ3) is 2.03. The molecule has 3 aromatic rings. The number of carboxylic acid groups (broad SMARTS) is 1. The number of hydrogen-bond acceptors (Lipinski definition) is 5. The maximum atomic E-state index is 11.3. The van der Waals surface area contributed by atoms with Crippen molar-refractivity contribution in [1.82, 2.24) is 19.2 Å². The number of aromatic nitrogens is 4. The molecule has 0 atom stereocenters. The van der Waals surface area contributed by atoms with E-state index in [4.69, 9.17) is 4.74 Å². The predicted molar refractivity (Wildman–Crippen MR) is 72.7 cm³/mol. The molecule has 0 bridgehead atoms. The number of fused-ring (bicyclic) bond motifs is 1. The highest BCUT2D eigenvalue weighted by atomic mass is 32.1. The number of nitrogens with zero attached hydrogens (tertiary/aromatic N) is 4. The third-order valence-electron chi connectivity index (χ3n) is 2.75. The summed E-state index contributed by atoms with van der Waals surface area (Å²) in [6, 6.07) is 0.205. The van der Waals surface area contributed by atoms with Crippen LogP contribution in [0.15, 0.2) is 24.0 Å². The second-order valence-electron chi connectivity index (χ2n) is 4.48. The van der Waals surface area contributed by atoms with Gasteiger partial charge in [0.05, 0.1) is 12.4 Å². The molecule has 8 heteroatoms. The minimum atomic E-state index is -1.08. The first-order chi connectivity index (χ1) is 9.56. The number of hydrogen-bond donors (Lipinski definition) is 1. The highest BCUT2D eigenvalue weighted by Crippen LogP contribution is 2.28. The highest BCUT2D eigenvalue weighted by Gasteiger charge is 2.21. The van der Waals surface area contributed by atoms with Crippen molar-refractivity contribution in [2.45, 2.75) is 19.9 Å². The molecule has 0 aliphatic rings. The number of carboxylic acids is 1. The van der Waals surface area contributed by atoms with Crippen molar-refractivity contribution in [2.24, 2.45) is 0 Å². The second-order valence-corrected chi connectivity index (χ2v) is 5.35. The minimum Gasteiger partial charge on any atom is -0.476 e. The normalized spacial score (nSPS) is 11.3. The summed E-state index contributed by atoms with van der Waals surface area (Å²) in [5.41, 5.74) is 0.0125. The van der Waals surface area contributed by atoms with Crippen LogP contribution in [0.5, 0.6) is 11.6 Å². The van der Waals surface area contributed by atoms with Crippen molar-refractivity contribution >= 4 is 22.3 Å². The Kier molecular flexibility index (Phi) is 2.94. The fraction of sp³-hybridized carbons (Fsp3) is 0.250. The van der Waals surface area contributed by atoms with Gasteiger partial charge in [-0.15, -0.1) is 11.3 Å². The Morgan fingerprint density at radius 2 is 2.30 bits per heavy atom. The SMILES string of the molecule is CC(C)n1cc(Oc2nc3sccn3c2C(=O)O)cn1. The first-order valence-electron chi connectivity index (χ1n) is 5.97. The van der Waals surface area contributed by atoms with Crippen LogP contribution >= 0.6 is 11.3 Å². The predicted octanol–water partition coefficient (Wildman–Crippen LogP) is 2.66. The largest absolute Gasteiger partial charge is 0.476 e. The van der Waals surface area contributed by atoms with Crippen LogP contribution in [0.4, 0.5) is 0 Å². The number of thiazole rings is 1. The minimum absolute atomic E-state index is 0.0125. The molecule has 3 rings (SSSR count). The zero-order valence-electron chi connectivity index (χ0n) is 10.8. The molecule has 0 saturated heterocycles. The monoisotopic (exact) mass is 292 g/mol. The molecule has 0 spiro atoms. The van der Waals surface area contributed by atoms with E-state index >= 15 is 0 Å². The molecule has 0 aliphatic carbocycles. The Labute approximate surface area is 118 Å². The zero-order chi connectivity index (χ0) is 14.3. The summed E-state index contributed by atoms with van der Waals surface area (Å²) in [4.78, 5) is 16.1. The van der Waals surface area contributed by atoms with Gasteiger partial charge in [-0.25, -0.2) is 4.79 Å². The Bertz CT molecular complexity index is 771. The summed E-state index contributed by atoms with van der Waals surface area (Å²) >= 11 is 1.35. The van der Waals surface area contributed by atoms with Gasteiger partial charge in [0.15, 0.2) is 16.4 Å². The van der Waals surface area contributed by atoms with Crippen molar-refractivity contribution < 1.29 is 14.6 Å². The Morgan fingerprint density at radius 3 is 2.95 bits per heavy atom. The number of carbonyl (C=O) groups is 1. The van der Waals surface area contributed by atoms with Crippen LogP contribution in [-0.4, -0.2) is 30.2 Å². The molecular formula is C12H12N4O3S. The molecule has 0 unspecified atom stereocenters. The van der Waals surface area contributed by atoms with Gasteiger partial charge in [-0.05, 0) is 13.8 Å². The molecule has 0 fully saturated rings. The van der Waals surface area contributed by atoms with E-state index in [1.54, 1.807) is 28.7 Å². The van der Waals surface area contributed by atoms with E-state index in [1.807, 2.05) is 13.8 Å². The summed E-state index contributed by atoms with van der Waals surface area (Å²) in [5.74, 6) is -0.540. The Hall–Kier alpha value is -2.35. The van der Waals surface area contributed by atoms with Crippen molar-refractivity contribution in [2.75, 3.05) is 0 Å². The van der Waals surface area contributed by atoms with E-state index in [0.29, 0.717) is 10.7 Å². The third-order valence-corrected chi connectivity index (χ3v) is 3.51. The van der Waals surface area contributed by atoms with Crippen LogP contribution in [0.3, 0.4) is 0 Å². The molecule has 104 valence electrons. The lowest BCUT2D eigenvalue weighted by atomic mass is 10.4. The number of aromatic carboxylic acids is 1. The standard InChI is InChI=1S/C12H12N4O3S/c1-7(2)16-6-8(5-13-16)19-10-9(11(17)18)15-3-4-20-12(15)14-10/h3-7H,1-2H3,(H,17,18). The van der Waals surface area contributed by atoms with E-state index in [9.17, 15) is 9.90 Å². The molecule has 1 N–H and O–H groups in total. The molecule has 3 heterocycles.